The number of hydrogen-bond donors (Lipinski definition) is 5. The molecule has 0 bridgehead atoms. The van der Waals surface area contributed by atoms with Crippen LogP contribution in [0.2, 0.25) is 20.1 Å². The lowest BCUT2D eigenvalue weighted by molar-refractivity contribution is 0.409. The van der Waals surface area contributed by atoms with Crippen LogP contribution in [0.1, 0.15) is 119 Å². The van der Waals surface area contributed by atoms with Gasteiger partial charge in [-0.3, -0.25) is 37.5 Å². The Bertz CT molecular complexity index is 7070. The van der Waals surface area contributed by atoms with E-state index in [2.05, 4.69) is 81.6 Å². The van der Waals surface area contributed by atoms with E-state index in [-0.39, 0.29) is 29.4 Å². The summed E-state index contributed by atoms with van der Waals surface area (Å²) < 4.78 is 32.2. The van der Waals surface area contributed by atoms with E-state index in [0.29, 0.717) is 64.9 Å². The highest BCUT2D eigenvalue weighted by Crippen LogP contribution is 2.50. The van der Waals surface area contributed by atoms with Gasteiger partial charge >= 0.3 is 0 Å². The highest BCUT2D eigenvalue weighted by molar-refractivity contribution is 9.10. The number of phenols is 1. The summed E-state index contributed by atoms with van der Waals surface area (Å²) in [6, 6.07) is 40.3. The van der Waals surface area contributed by atoms with Gasteiger partial charge in [0.25, 0.3) is 0 Å². The largest absolute Gasteiger partial charge is 0.508 e. The fourth-order valence-electron chi connectivity index (χ4n) is 16.2. The van der Waals surface area contributed by atoms with Crippen molar-refractivity contribution in [3.05, 3.63) is 325 Å². The van der Waals surface area contributed by atoms with E-state index in [1.165, 1.54) is 0 Å². The molecule has 6 aromatic carbocycles. The molecular formula is C96H87BrCl4N20O5. The first kappa shape index (κ1) is 87.2. The molecule has 12 heterocycles. The molecular weight excluding hydrogens is 1730 g/mol. The van der Waals surface area contributed by atoms with Crippen molar-refractivity contribution in [1.29, 1.82) is 0 Å². The van der Waals surface area contributed by atoms with Crippen LogP contribution in [0.4, 0.5) is 23.3 Å². The molecule has 18 aromatic rings. The van der Waals surface area contributed by atoms with Crippen LogP contribution in [0.3, 0.4) is 0 Å². The number of imidazole rings is 4. The SMILES string of the molecule is COc1c(C(C)c2nc(-c3cccc(O)c3)c3c(N)nccn23)cc(Cl)c(C)c1-c1cccnc1.COc1c(C(C)c2nc(-c3ccccc3)c3c(N)nccn23)cc(Cl)c(C)c1-c1cccnc1.COc1c(C(C)c2nc(Br)c3c(N)nccn23)cc(Cl)c(C)c1-c1cccnc1.COc1c(C(C)c2ncc3c(N)nccn23)cc(Cl)c(C)c1-c1cccnc1. The monoisotopic (exact) mass is 1820 g/mol. The molecule has 25 nitrogen and oxygen atoms in total. The molecule has 0 saturated heterocycles. The van der Waals surface area contributed by atoms with Gasteiger partial charge in [0.1, 0.15) is 108 Å². The fourth-order valence-corrected chi connectivity index (χ4v) is 17.6. The molecule has 0 radical (unpaired) electrons. The van der Waals surface area contributed by atoms with Gasteiger partial charge in [-0.15, -0.1) is 0 Å². The summed E-state index contributed by atoms with van der Waals surface area (Å²) in [7, 11) is 6.67. The first-order valence-electron chi connectivity index (χ1n) is 39.9. The Labute approximate surface area is 755 Å². The van der Waals surface area contributed by atoms with Crippen LogP contribution in [-0.4, -0.2) is 111 Å². The molecule has 0 spiro atoms. The van der Waals surface area contributed by atoms with Crippen molar-refractivity contribution < 1.29 is 24.1 Å². The number of anilines is 4. The number of hydrogen-bond acceptors (Lipinski definition) is 21. The van der Waals surface area contributed by atoms with Gasteiger partial charge in [-0.1, -0.05) is 141 Å². The molecule has 126 heavy (non-hydrogen) atoms. The van der Waals surface area contributed by atoms with Crippen molar-refractivity contribution >= 4 is 108 Å². The predicted molar refractivity (Wildman–Crippen MR) is 504 cm³/mol. The normalized spacial score (nSPS) is 12.2. The predicted octanol–water partition coefficient (Wildman–Crippen LogP) is 21.8. The number of fused-ring (bicyclic) bond motifs is 4. The van der Waals surface area contributed by atoms with Crippen LogP contribution in [0.15, 0.2) is 237 Å². The summed E-state index contributed by atoms with van der Waals surface area (Å²) >= 11 is 30.2. The molecule has 4 atom stereocenters. The number of nitrogens with two attached hydrogens (primary N) is 4. The lowest BCUT2D eigenvalue weighted by Crippen LogP contribution is -2.07. The first-order chi connectivity index (χ1) is 60.9. The van der Waals surface area contributed by atoms with Crippen LogP contribution in [0.5, 0.6) is 28.7 Å². The Kier molecular flexibility index (Phi) is 25.8. The number of rotatable bonds is 18. The number of ether oxygens (including phenoxy) is 4. The van der Waals surface area contributed by atoms with E-state index in [1.54, 1.807) is 109 Å². The number of nitrogen functional groups attached to an aromatic ring is 4. The number of phenolic OH excluding ortho intramolecular Hbond substituents is 1. The number of pyridine rings is 4. The van der Waals surface area contributed by atoms with Crippen molar-refractivity contribution in [3.63, 3.8) is 0 Å². The summed E-state index contributed by atoms with van der Waals surface area (Å²) in [4.78, 5) is 53.3. The van der Waals surface area contributed by atoms with E-state index in [0.717, 1.165) is 163 Å². The quantitative estimate of drug-likeness (QED) is 0.0533. The van der Waals surface area contributed by atoms with E-state index < -0.39 is 0 Å². The second-order valence-corrected chi connectivity index (χ2v) is 32.2. The van der Waals surface area contributed by atoms with Crippen molar-refractivity contribution in [1.82, 2.24) is 77.4 Å². The Morgan fingerprint density at radius 3 is 1.02 bits per heavy atom. The summed E-state index contributed by atoms with van der Waals surface area (Å²) in [5, 5.41) is 12.7. The van der Waals surface area contributed by atoms with Gasteiger partial charge in [0.15, 0.2) is 5.82 Å². The topological polar surface area (TPSA) is 334 Å². The zero-order chi connectivity index (χ0) is 89.1. The van der Waals surface area contributed by atoms with E-state index in [4.69, 9.17) is 103 Å². The lowest BCUT2D eigenvalue weighted by atomic mass is 9.91. The van der Waals surface area contributed by atoms with Crippen LogP contribution in [0, 0.1) is 27.7 Å². The lowest BCUT2D eigenvalue weighted by Gasteiger charge is -2.21. The first-order valence-corrected chi connectivity index (χ1v) is 42.2. The third-order valence-corrected chi connectivity index (χ3v) is 24.6. The molecule has 12 aromatic heterocycles. The molecule has 30 heteroatoms. The molecule has 9 N–H and O–H groups in total. The average molecular weight is 1820 g/mol. The highest BCUT2D eigenvalue weighted by atomic mass is 79.9. The van der Waals surface area contributed by atoms with Crippen molar-refractivity contribution in [2.45, 2.75) is 79.1 Å². The number of aromatic nitrogens is 16. The Balaban J connectivity index is 0.000000130. The number of methoxy groups -OCH3 is 4. The standard InChI is InChI=1S/C27H24ClN5O2.C27H24ClN5O.C21H19BrClN5O.C21H20ClN5O/c1-15(20-13-21(28)16(2)22(25(20)35-3)18-7-5-9-30-14-18)27-32-23(17-6-4-8-19(34)12-17)24-26(29)31-10-11-33(24)27;1-16(20-14-21(28)17(2)22(25(20)34-3)19-10-7-11-30-15-19)27-32-23(18-8-5-4-6-9-18)24-26(29)31-12-13-33(24)27;1-11(21-27-19(22)17-20(24)26-7-8-28(17)21)14-9-15(23)12(2)16(18(14)29-3)13-5-4-6-25-10-13;1-12(21-26-11-17-20(23)25-7-8-27(17)21)15-9-16(22)13(2)18(19(15)28-3)14-5-4-6-24-10-14/h4-15,34H,1-3H3,(H2,29,31);4-16H,1-3H3,(H2,29,31);4-11H,1-3H3,(H2,24,26);4-12H,1-3H3,(H2,23,25). The minimum Gasteiger partial charge on any atom is -0.508 e. The Hall–Kier alpha value is -13.8. The molecule has 0 aliphatic heterocycles. The molecule has 4 unspecified atom stereocenters. The van der Waals surface area contributed by atoms with Crippen LogP contribution >= 0.6 is 62.3 Å². The summed E-state index contributed by atoms with van der Waals surface area (Å²) in [5.41, 5.74) is 45.6. The van der Waals surface area contributed by atoms with Crippen molar-refractivity contribution in [3.8, 4) is 95.8 Å². The van der Waals surface area contributed by atoms with Gasteiger partial charge in [0.05, 0.1) is 34.6 Å². The maximum Gasteiger partial charge on any atom is 0.150 e. The molecule has 18 rings (SSSR count). The number of halogens is 5. The minimum absolute atomic E-state index is 0.0900. The Morgan fingerprint density at radius 2 is 0.659 bits per heavy atom. The third-order valence-electron chi connectivity index (χ3n) is 22.5. The zero-order valence-electron chi connectivity index (χ0n) is 70.7. The average Bonchev–Trinajstić information content (AvgIpc) is 1.57. The molecule has 0 saturated carbocycles. The molecule has 0 fully saturated rings. The van der Waals surface area contributed by atoms with Gasteiger partial charge in [-0.2, -0.15) is 0 Å². The summed E-state index contributed by atoms with van der Waals surface area (Å²) in [6.07, 6.45) is 30.0. The van der Waals surface area contributed by atoms with Gasteiger partial charge < -0.3 is 47.0 Å². The van der Waals surface area contributed by atoms with Crippen molar-refractivity contribution in [2.75, 3.05) is 51.4 Å². The second-order valence-electron chi connectivity index (χ2n) is 29.9. The van der Waals surface area contributed by atoms with Crippen LogP contribution in [0.25, 0.3) is 89.1 Å². The maximum atomic E-state index is 10.1. The Morgan fingerprint density at radius 1 is 0.341 bits per heavy atom. The van der Waals surface area contributed by atoms with E-state index in [9.17, 15) is 5.11 Å². The molecule has 636 valence electrons. The molecule has 0 aliphatic carbocycles. The third kappa shape index (κ3) is 16.6. The van der Waals surface area contributed by atoms with Gasteiger partial charge in [-0.05, 0) is 127 Å². The second kappa shape index (κ2) is 37.4. The molecule has 0 amide bonds. The van der Waals surface area contributed by atoms with Gasteiger partial charge in [-0.25, -0.2) is 39.9 Å². The van der Waals surface area contributed by atoms with Crippen LogP contribution < -0.4 is 41.9 Å². The summed E-state index contributed by atoms with van der Waals surface area (Å²) in [6.45, 7) is 16.2. The van der Waals surface area contributed by atoms with Gasteiger partial charge in [0.2, 0.25) is 0 Å². The fraction of sp³-hybridized carbons (Fsp3) is 0.167. The minimum atomic E-state index is -0.223. The van der Waals surface area contributed by atoms with Crippen LogP contribution in [-0.2, 0) is 0 Å². The smallest absolute Gasteiger partial charge is 0.150 e. The summed E-state index contributed by atoms with van der Waals surface area (Å²) in [5.74, 6) is 7.36. The highest BCUT2D eigenvalue weighted by Gasteiger charge is 2.32. The van der Waals surface area contributed by atoms with Crippen molar-refractivity contribution in [2.24, 2.45) is 0 Å². The van der Waals surface area contributed by atoms with E-state index >= 15 is 0 Å². The number of benzene rings is 6. The maximum absolute atomic E-state index is 10.1. The number of nitrogens with zero attached hydrogens (tertiary/aromatic N) is 16. The zero-order valence-corrected chi connectivity index (χ0v) is 75.3. The number of aromatic hydroxyl groups is 1. The molecule has 0 aliphatic rings. The van der Waals surface area contributed by atoms with Gasteiger partial charge in [0, 0.05) is 221 Å². The van der Waals surface area contributed by atoms with E-state index in [1.807, 2.05) is 205 Å².